The molecule has 0 atom stereocenters. The monoisotopic (exact) mass is 224 g/mol. The lowest BCUT2D eigenvalue weighted by Crippen LogP contribution is -1.87. The van der Waals surface area contributed by atoms with Crippen LogP contribution in [0.15, 0.2) is 22.9 Å². The first-order valence-electron chi connectivity index (χ1n) is 4.76. The second-order valence-electron chi connectivity index (χ2n) is 3.56. The average Bonchev–Trinajstić information content (AvgIpc) is 2.66. The summed E-state index contributed by atoms with van der Waals surface area (Å²) < 4.78 is 29.5. The summed E-state index contributed by atoms with van der Waals surface area (Å²) >= 11 is 0. The molecule has 84 valence electrons. The van der Waals surface area contributed by atoms with Crippen LogP contribution in [0.25, 0.3) is 11.3 Å². The number of halogens is 2. The molecule has 0 N–H and O–H groups in total. The summed E-state index contributed by atoms with van der Waals surface area (Å²) in [6.45, 7) is 3.73. The van der Waals surface area contributed by atoms with E-state index in [0.29, 0.717) is 11.3 Å². The third-order valence-electron chi connectivity index (χ3n) is 2.26. The molecule has 0 unspecified atom stereocenters. The van der Waals surface area contributed by atoms with E-state index in [2.05, 4.69) is 10.1 Å². The highest BCUT2D eigenvalue weighted by Crippen LogP contribution is 2.27. The Kier molecular flexibility index (Phi) is 2.68. The molecule has 0 saturated heterocycles. The minimum absolute atomic E-state index is 0.320. The zero-order valence-corrected chi connectivity index (χ0v) is 8.87. The van der Waals surface area contributed by atoms with Crippen molar-refractivity contribution in [3.05, 3.63) is 35.3 Å². The Morgan fingerprint density at radius 2 is 2.00 bits per heavy atom. The van der Waals surface area contributed by atoms with Crippen molar-refractivity contribution in [2.45, 2.75) is 20.3 Å². The minimum Gasteiger partial charge on any atom is -0.356 e. The summed E-state index contributed by atoms with van der Waals surface area (Å²) in [4.78, 5) is 4.10. The van der Waals surface area contributed by atoms with Crippen LogP contribution in [0.1, 0.15) is 23.4 Å². The molecule has 3 nitrogen and oxygen atoms in total. The van der Waals surface area contributed by atoms with Gasteiger partial charge in [-0.15, -0.1) is 0 Å². The van der Waals surface area contributed by atoms with E-state index in [1.807, 2.05) is 19.9 Å². The SMILES string of the molecule is Cc1cc(C)c(-c2cc(C(F)F)no2)cn1. The van der Waals surface area contributed by atoms with E-state index < -0.39 is 6.43 Å². The molecule has 2 heterocycles. The highest BCUT2D eigenvalue weighted by Gasteiger charge is 2.15. The molecule has 2 aromatic rings. The number of alkyl halides is 2. The lowest BCUT2D eigenvalue weighted by Gasteiger charge is -2.01. The van der Waals surface area contributed by atoms with Crippen LogP contribution < -0.4 is 0 Å². The average molecular weight is 224 g/mol. The van der Waals surface area contributed by atoms with E-state index >= 15 is 0 Å². The third-order valence-corrected chi connectivity index (χ3v) is 2.26. The van der Waals surface area contributed by atoms with Gasteiger partial charge in [-0.25, -0.2) is 8.78 Å². The summed E-state index contributed by atoms with van der Waals surface area (Å²) in [5, 5.41) is 3.30. The van der Waals surface area contributed by atoms with Crippen LogP contribution in [-0.2, 0) is 0 Å². The van der Waals surface area contributed by atoms with Crippen LogP contribution >= 0.6 is 0 Å². The van der Waals surface area contributed by atoms with Gasteiger partial charge in [0.25, 0.3) is 6.43 Å². The molecule has 0 bridgehead atoms. The van der Waals surface area contributed by atoms with Gasteiger partial charge in [0.05, 0.1) is 0 Å². The van der Waals surface area contributed by atoms with Gasteiger partial charge in [0.1, 0.15) is 5.69 Å². The molecule has 0 aliphatic rings. The number of aromatic nitrogens is 2. The van der Waals surface area contributed by atoms with Gasteiger partial charge in [-0.2, -0.15) is 0 Å². The molecule has 0 fully saturated rings. The minimum atomic E-state index is -2.61. The molecular formula is C11H10F2N2O. The second-order valence-corrected chi connectivity index (χ2v) is 3.56. The maximum absolute atomic E-state index is 12.3. The number of nitrogens with zero attached hydrogens (tertiary/aromatic N) is 2. The van der Waals surface area contributed by atoms with Gasteiger partial charge < -0.3 is 4.52 Å². The van der Waals surface area contributed by atoms with Gasteiger partial charge in [0.15, 0.2) is 5.76 Å². The first-order valence-corrected chi connectivity index (χ1v) is 4.76. The molecule has 0 aliphatic carbocycles. The maximum Gasteiger partial charge on any atom is 0.283 e. The zero-order chi connectivity index (χ0) is 11.7. The van der Waals surface area contributed by atoms with E-state index in [4.69, 9.17) is 4.52 Å². The van der Waals surface area contributed by atoms with Crippen LogP contribution in [0, 0.1) is 13.8 Å². The van der Waals surface area contributed by atoms with Gasteiger partial charge in [0, 0.05) is 23.5 Å². The Morgan fingerprint density at radius 1 is 1.25 bits per heavy atom. The fraction of sp³-hybridized carbons (Fsp3) is 0.273. The van der Waals surface area contributed by atoms with Crippen molar-refractivity contribution >= 4 is 0 Å². The van der Waals surface area contributed by atoms with Crippen molar-refractivity contribution in [1.82, 2.24) is 10.1 Å². The van der Waals surface area contributed by atoms with Gasteiger partial charge >= 0.3 is 0 Å². The fourth-order valence-electron chi connectivity index (χ4n) is 1.47. The summed E-state index contributed by atoms with van der Waals surface area (Å²) in [5.74, 6) is 0.320. The van der Waals surface area contributed by atoms with E-state index in [-0.39, 0.29) is 5.69 Å². The molecule has 2 rings (SSSR count). The molecule has 5 heteroatoms. The first-order chi connectivity index (χ1) is 7.58. The normalized spacial score (nSPS) is 11.1. The predicted molar refractivity (Wildman–Crippen MR) is 54.2 cm³/mol. The molecule has 0 radical (unpaired) electrons. The summed E-state index contributed by atoms with van der Waals surface area (Å²) in [6, 6.07) is 3.10. The Morgan fingerprint density at radius 3 is 2.56 bits per heavy atom. The second kappa shape index (κ2) is 4.00. The van der Waals surface area contributed by atoms with Crippen molar-refractivity contribution in [3.8, 4) is 11.3 Å². The Labute approximate surface area is 91.1 Å². The molecule has 0 amide bonds. The molecule has 0 aliphatic heterocycles. The summed E-state index contributed by atoms with van der Waals surface area (Å²) in [7, 11) is 0. The van der Waals surface area contributed by atoms with Gasteiger partial charge in [0.2, 0.25) is 0 Å². The van der Waals surface area contributed by atoms with Gasteiger partial charge in [-0.3, -0.25) is 4.98 Å². The van der Waals surface area contributed by atoms with Crippen LogP contribution in [-0.4, -0.2) is 10.1 Å². The van der Waals surface area contributed by atoms with Gasteiger partial charge in [-0.1, -0.05) is 5.16 Å². The molecule has 0 saturated carbocycles. The van der Waals surface area contributed by atoms with Crippen molar-refractivity contribution in [1.29, 1.82) is 0 Å². The summed E-state index contributed by atoms with van der Waals surface area (Å²) in [6.07, 6.45) is -1.02. The van der Waals surface area contributed by atoms with Crippen LogP contribution in [0.3, 0.4) is 0 Å². The van der Waals surface area contributed by atoms with E-state index in [9.17, 15) is 8.78 Å². The molecule has 0 spiro atoms. The Bertz CT molecular complexity index is 508. The largest absolute Gasteiger partial charge is 0.356 e. The highest BCUT2D eigenvalue weighted by atomic mass is 19.3. The molecule has 2 aromatic heterocycles. The Hall–Kier alpha value is -1.78. The number of hydrogen-bond acceptors (Lipinski definition) is 3. The predicted octanol–water partition coefficient (Wildman–Crippen LogP) is 3.29. The number of pyridine rings is 1. The topological polar surface area (TPSA) is 38.9 Å². The van der Waals surface area contributed by atoms with Gasteiger partial charge in [-0.05, 0) is 25.5 Å². The summed E-state index contributed by atoms with van der Waals surface area (Å²) in [5.41, 5.74) is 2.12. The lowest BCUT2D eigenvalue weighted by atomic mass is 10.1. The maximum atomic E-state index is 12.3. The van der Waals surface area contributed by atoms with E-state index in [1.165, 1.54) is 6.07 Å². The van der Waals surface area contributed by atoms with Crippen molar-refractivity contribution < 1.29 is 13.3 Å². The van der Waals surface area contributed by atoms with Crippen LogP contribution in [0.2, 0.25) is 0 Å². The van der Waals surface area contributed by atoms with Crippen molar-refractivity contribution in [2.24, 2.45) is 0 Å². The molecule has 16 heavy (non-hydrogen) atoms. The number of hydrogen-bond donors (Lipinski definition) is 0. The van der Waals surface area contributed by atoms with Crippen molar-refractivity contribution in [2.75, 3.05) is 0 Å². The molecular weight excluding hydrogens is 214 g/mol. The first kappa shape index (κ1) is 10.7. The quantitative estimate of drug-likeness (QED) is 0.785. The zero-order valence-electron chi connectivity index (χ0n) is 8.87. The number of rotatable bonds is 2. The third kappa shape index (κ3) is 1.93. The van der Waals surface area contributed by atoms with E-state index in [0.717, 1.165) is 11.3 Å². The fourth-order valence-corrected chi connectivity index (χ4v) is 1.47. The van der Waals surface area contributed by atoms with Crippen LogP contribution in [0.5, 0.6) is 0 Å². The smallest absolute Gasteiger partial charge is 0.283 e. The van der Waals surface area contributed by atoms with Crippen molar-refractivity contribution in [3.63, 3.8) is 0 Å². The highest BCUT2D eigenvalue weighted by molar-refractivity contribution is 5.60. The lowest BCUT2D eigenvalue weighted by molar-refractivity contribution is 0.140. The van der Waals surface area contributed by atoms with Crippen LogP contribution in [0.4, 0.5) is 8.78 Å². The Balaban J connectivity index is 2.42. The standard InChI is InChI=1S/C11H10F2N2O/c1-6-3-7(2)14-5-8(6)10-4-9(11(12)13)15-16-10/h3-5,11H,1-2H3. The number of aryl methyl sites for hydroxylation is 2. The molecule has 0 aromatic carbocycles. The van der Waals surface area contributed by atoms with E-state index in [1.54, 1.807) is 6.20 Å².